The molecule has 0 aliphatic rings. The van der Waals surface area contributed by atoms with E-state index in [-0.39, 0.29) is 18.3 Å². The predicted molar refractivity (Wildman–Crippen MR) is 84.4 cm³/mol. The molecular weight excluding hydrogens is 313 g/mol. The molecule has 24 heavy (non-hydrogen) atoms. The Morgan fingerprint density at radius 3 is 2.75 bits per heavy atom. The molecule has 2 aromatic carbocycles. The molecule has 3 rings (SSSR count). The molecule has 3 aromatic rings. The third-order valence-corrected chi connectivity index (χ3v) is 3.27. The lowest BCUT2D eigenvalue weighted by Gasteiger charge is -2.10. The van der Waals surface area contributed by atoms with Crippen LogP contribution >= 0.6 is 0 Å². The topological polar surface area (TPSA) is 81.9 Å². The quantitative estimate of drug-likeness (QED) is 0.776. The van der Waals surface area contributed by atoms with Gasteiger partial charge in [-0.25, -0.2) is 9.07 Å². The fourth-order valence-electron chi connectivity index (χ4n) is 2.08. The first-order valence-corrected chi connectivity index (χ1v) is 7.14. The first-order valence-electron chi connectivity index (χ1n) is 7.14. The zero-order valence-corrected chi connectivity index (χ0v) is 12.8. The lowest BCUT2D eigenvalue weighted by atomic mass is 10.2. The molecule has 0 aliphatic carbocycles. The number of hydrogen-bond acceptors (Lipinski definition) is 5. The molecule has 0 fully saturated rings. The summed E-state index contributed by atoms with van der Waals surface area (Å²) >= 11 is 0. The van der Waals surface area contributed by atoms with Crippen molar-refractivity contribution in [1.82, 2.24) is 20.2 Å². The molecule has 0 unspecified atom stereocenters. The van der Waals surface area contributed by atoms with Gasteiger partial charge in [0, 0.05) is 5.69 Å². The van der Waals surface area contributed by atoms with Crippen LogP contribution in [-0.2, 0) is 4.79 Å². The van der Waals surface area contributed by atoms with E-state index >= 15 is 0 Å². The minimum absolute atomic E-state index is 0.181. The molecule has 8 heteroatoms. The van der Waals surface area contributed by atoms with Crippen molar-refractivity contribution in [3.8, 4) is 11.4 Å². The Balaban J connectivity index is 1.64. The maximum atomic E-state index is 12.8. The minimum atomic E-state index is -0.360. The van der Waals surface area contributed by atoms with E-state index in [9.17, 15) is 9.18 Å². The number of amides is 1. The van der Waals surface area contributed by atoms with Crippen LogP contribution in [0.25, 0.3) is 5.69 Å². The number of tetrazole rings is 1. The van der Waals surface area contributed by atoms with Crippen molar-refractivity contribution < 1.29 is 13.9 Å². The number of carbonyl (C=O) groups excluding carboxylic acids is 1. The lowest BCUT2D eigenvalue weighted by molar-refractivity contribution is -0.118. The van der Waals surface area contributed by atoms with Crippen molar-refractivity contribution in [3.63, 3.8) is 0 Å². The largest absolute Gasteiger partial charge is 0.484 e. The van der Waals surface area contributed by atoms with Crippen molar-refractivity contribution in [1.29, 1.82) is 0 Å². The maximum Gasteiger partial charge on any atom is 0.262 e. The highest BCUT2D eigenvalue weighted by atomic mass is 19.1. The number of aromatic nitrogens is 4. The number of nitrogens with zero attached hydrogens (tertiary/aromatic N) is 4. The van der Waals surface area contributed by atoms with E-state index in [0.717, 1.165) is 11.3 Å². The van der Waals surface area contributed by atoms with Gasteiger partial charge in [0.2, 0.25) is 0 Å². The normalized spacial score (nSPS) is 10.4. The molecule has 0 bridgehead atoms. The van der Waals surface area contributed by atoms with E-state index in [1.807, 2.05) is 13.0 Å². The second kappa shape index (κ2) is 6.86. The third kappa shape index (κ3) is 3.72. The number of nitrogens with one attached hydrogen (secondary N) is 1. The molecule has 0 aliphatic heterocycles. The summed E-state index contributed by atoms with van der Waals surface area (Å²) in [4.78, 5) is 12.0. The molecule has 1 N–H and O–H groups in total. The van der Waals surface area contributed by atoms with Crippen molar-refractivity contribution in [3.05, 3.63) is 60.2 Å². The molecule has 0 spiro atoms. The molecule has 0 radical (unpaired) electrons. The number of hydrogen-bond donors (Lipinski definition) is 1. The van der Waals surface area contributed by atoms with Gasteiger partial charge >= 0.3 is 0 Å². The number of carbonyl (C=O) groups is 1. The van der Waals surface area contributed by atoms with E-state index < -0.39 is 0 Å². The number of ether oxygens (including phenoxy) is 1. The average molecular weight is 327 g/mol. The molecule has 0 saturated heterocycles. The van der Waals surface area contributed by atoms with E-state index in [4.69, 9.17) is 4.74 Å². The molecule has 0 atom stereocenters. The third-order valence-electron chi connectivity index (χ3n) is 3.27. The maximum absolute atomic E-state index is 12.8. The molecule has 0 saturated carbocycles. The summed E-state index contributed by atoms with van der Waals surface area (Å²) in [5.41, 5.74) is 2.32. The van der Waals surface area contributed by atoms with Crippen molar-refractivity contribution >= 4 is 11.6 Å². The van der Waals surface area contributed by atoms with Crippen LogP contribution in [0.2, 0.25) is 0 Å². The van der Waals surface area contributed by atoms with Crippen LogP contribution in [0.1, 0.15) is 5.56 Å². The highest BCUT2D eigenvalue weighted by Crippen LogP contribution is 2.18. The van der Waals surface area contributed by atoms with Crippen LogP contribution in [0.15, 0.2) is 48.8 Å². The summed E-state index contributed by atoms with van der Waals surface area (Å²) < 4.78 is 19.6. The van der Waals surface area contributed by atoms with Crippen LogP contribution in [-0.4, -0.2) is 32.7 Å². The zero-order chi connectivity index (χ0) is 16.9. The Labute approximate surface area is 137 Å². The van der Waals surface area contributed by atoms with Crippen LogP contribution in [0.4, 0.5) is 10.1 Å². The van der Waals surface area contributed by atoms with Crippen molar-refractivity contribution in [2.24, 2.45) is 0 Å². The van der Waals surface area contributed by atoms with Gasteiger partial charge < -0.3 is 10.1 Å². The number of benzene rings is 2. The van der Waals surface area contributed by atoms with Gasteiger partial charge in [0.1, 0.15) is 17.9 Å². The summed E-state index contributed by atoms with van der Waals surface area (Å²) in [5.74, 6) is -0.266. The fourth-order valence-corrected chi connectivity index (χ4v) is 2.08. The zero-order valence-electron chi connectivity index (χ0n) is 12.8. The lowest BCUT2D eigenvalue weighted by Crippen LogP contribution is -2.20. The Morgan fingerprint density at radius 2 is 2.04 bits per heavy atom. The first-order chi connectivity index (χ1) is 11.6. The van der Waals surface area contributed by atoms with E-state index in [1.165, 1.54) is 35.3 Å². The Kier molecular flexibility index (Phi) is 4.46. The smallest absolute Gasteiger partial charge is 0.262 e. The van der Waals surface area contributed by atoms with Gasteiger partial charge in [-0.3, -0.25) is 4.79 Å². The number of aryl methyl sites for hydroxylation is 1. The van der Waals surface area contributed by atoms with Crippen molar-refractivity contribution in [2.75, 3.05) is 11.9 Å². The SMILES string of the molecule is Cc1ccc(NC(=O)COc2ccc(F)cc2)cc1-n1cnnn1. The Morgan fingerprint density at radius 1 is 1.25 bits per heavy atom. The van der Waals surface area contributed by atoms with E-state index in [2.05, 4.69) is 20.8 Å². The molecule has 1 aromatic heterocycles. The summed E-state index contributed by atoms with van der Waals surface area (Å²) in [6, 6.07) is 10.9. The molecule has 1 heterocycles. The van der Waals surface area contributed by atoms with Gasteiger partial charge in [0.05, 0.1) is 5.69 Å². The Bertz CT molecular complexity index is 834. The van der Waals surface area contributed by atoms with Gasteiger partial charge in [-0.1, -0.05) is 6.07 Å². The Hall–Kier alpha value is -3.29. The predicted octanol–water partition coefficient (Wildman–Crippen LogP) is 2.13. The summed E-state index contributed by atoms with van der Waals surface area (Å²) in [6.07, 6.45) is 1.48. The number of rotatable bonds is 5. The first kappa shape index (κ1) is 15.6. The van der Waals surface area contributed by atoms with Gasteiger partial charge in [0.15, 0.2) is 6.61 Å². The molecule has 122 valence electrons. The van der Waals surface area contributed by atoms with Crippen LogP contribution in [0.3, 0.4) is 0 Å². The van der Waals surface area contributed by atoms with Crippen LogP contribution < -0.4 is 10.1 Å². The molecular formula is C16H14FN5O2. The second-order valence-corrected chi connectivity index (χ2v) is 5.05. The van der Waals surface area contributed by atoms with Gasteiger partial charge in [-0.15, -0.1) is 5.10 Å². The van der Waals surface area contributed by atoms with Crippen molar-refractivity contribution in [2.45, 2.75) is 6.92 Å². The highest BCUT2D eigenvalue weighted by Gasteiger charge is 2.08. The minimum Gasteiger partial charge on any atom is -0.484 e. The van der Waals surface area contributed by atoms with Gasteiger partial charge in [0.25, 0.3) is 5.91 Å². The second-order valence-electron chi connectivity index (χ2n) is 5.05. The van der Waals surface area contributed by atoms with Gasteiger partial charge in [-0.2, -0.15) is 0 Å². The fraction of sp³-hybridized carbons (Fsp3) is 0.125. The van der Waals surface area contributed by atoms with E-state index in [0.29, 0.717) is 11.4 Å². The number of halogens is 1. The summed E-state index contributed by atoms with van der Waals surface area (Å²) in [5, 5.41) is 13.8. The van der Waals surface area contributed by atoms with Crippen LogP contribution in [0, 0.1) is 12.7 Å². The highest BCUT2D eigenvalue weighted by molar-refractivity contribution is 5.92. The van der Waals surface area contributed by atoms with E-state index in [1.54, 1.807) is 12.1 Å². The van der Waals surface area contributed by atoms with Gasteiger partial charge in [-0.05, 0) is 59.3 Å². The summed E-state index contributed by atoms with van der Waals surface area (Å²) in [6.45, 7) is 1.74. The van der Waals surface area contributed by atoms with Crippen LogP contribution in [0.5, 0.6) is 5.75 Å². The average Bonchev–Trinajstić information content (AvgIpc) is 3.10. The molecule has 1 amide bonds. The standard InChI is InChI=1S/C16H14FN5O2/c1-11-2-5-13(8-15(11)22-10-18-20-21-22)19-16(23)9-24-14-6-3-12(17)4-7-14/h2-8,10H,9H2,1H3,(H,19,23). The monoisotopic (exact) mass is 327 g/mol. The number of anilines is 1. The summed E-state index contributed by atoms with van der Waals surface area (Å²) in [7, 11) is 0. The molecule has 7 nitrogen and oxygen atoms in total.